The van der Waals surface area contributed by atoms with Gasteiger partial charge in [-0.25, -0.2) is 0 Å². The van der Waals surface area contributed by atoms with Crippen molar-refractivity contribution in [3.63, 3.8) is 0 Å². The second-order valence-corrected chi connectivity index (χ2v) is 0. The molecule has 0 aromatic heterocycles. The largest absolute Gasteiger partial charge is 5.00 e. The monoisotopic (exact) mass is 399 g/mol. The normalized spacial score (nSPS) is 0. The molecule has 0 rings (SSSR count). The van der Waals surface area contributed by atoms with Crippen molar-refractivity contribution in [3.05, 3.63) is 0 Å². The van der Waals surface area contributed by atoms with Crippen molar-refractivity contribution in [2.45, 2.75) is 0 Å². The Morgan fingerprint density at radius 2 is 0.500 bits per heavy atom. The van der Waals surface area contributed by atoms with Crippen molar-refractivity contribution in [2.75, 3.05) is 0 Å². The predicted octanol–water partition coefficient (Wildman–Crippen LogP) is -0.980. The van der Waals surface area contributed by atoms with Gasteiger partial charge in [-0.2, -0.15) is 0 Å². The first kappa shape index (κ1) is 239. The zero-order chi connectivity index (χ0) is 0. The van der Waals surface area contributed by atoms with E-state index in [-0.39, 0.29) is 88.9 Å². The average molecular weight is 399 g/mol. The maximum atomic E-state index is 0. The van der Waals surface area contributed by atoms with Crippen molar-refractivity contribution in [1.29, 1.82) is 0 Å². The standard InChI is InChI=1S/Bi.Co.5O.V/q+3;+2;5*-2;+5. The van der Waals surface area contributed by atoms with Crippen LogP contribution in [-0.4, -0.2) is 26.2 Å². The molecule has 0 aliphatic carbocycles. The zero-order valence-electron chi connectivity index (χ0n) is 3.27. The van der Waals surface area contributed by atoms with E-state index in [9.17, 15) is 0 Å². The van der Waals surface area contributed by atoms with Crippen LogP contribution in [0.4, 0.5) is 0 Å². The first-order valence-electron chi connectivity index (χ1n) is 0. The van der Waals surface area contributed by atoms with Gasteiger partial charge in [0.25, 0.3) is 0 Å². The fourth-order valence-corrected chi connectivity index (χ4v) is 0. The van der Waals surface area contributed by atoms with E-state index in [1.54, 1.807) is 0 Å². The van der Waals surface area contributed by atoms with Gasteiger partial charge < -0.3 is 27.4 Å². The van der Waals surface area contributed by atoms with Gasteiger partial charge in [0, 0.05) is 0 Å². The van der Waals surface area contributed by atoms with Crippen LogP contribution in [0.15, 0.2) is 0 Å². The third kappa shape index (κ3) is 113. The molecule has 0 N–H and O–H groups in total. The molecule has 0 unspecified atom stereocenters. The first-order valence-corrected chi connectivity index (χ1v) is 0. The molecule has 0 aliphatic rings. The Morgan fingerprint density at radius 3 is 0.500 bits per heavy atom. The van der Waals surface area contributed by atoms with E-state index in [4.69, 9.17) is 0 Å². The average Bonchev–Trinajstić information content (AvgIpc) is 0. The van der Waals surface area contributed by atoms with Crippen LogP contribution in [0.3, 0.4) is 0 Å². The molecule has 49 valence electrons. The fourth-order valence-electron chi connectivity index (χ4n) is 0. The Labute approximate surface area is 88.3 Å². The molecule has 0 fully saturated rings. The van der Waals surface area contributed by atoms with Crippen molar-refractivity contribution in [3.8, 4) is 0 Å². The Hall–Kier alpha value is 1.77. The summed E-state index contributed by atoms with van der Waals surface area (Å²) in [5.41, 5.74) is 0. The molecule has 8 heavy (non-hydrogen) atoms. The molecule has 0 bridgehead atoms. The summed E-state index contributed by atoms with van der Waals surface area (Å²) in [6.45, 7) is 0. The van der Waals surface area contributed by atoms with Gasteiger partial charge in [0.05, 0.1) is 0 Å². The van der Waals surface area contributed by atoms with E-state index in [0.29, 0.717) is 0 Å². The van der Waals surface area contributed by atoms with E-state index >= 15 is 0 Å². The molecule has 8 heteroatoms. The fraction of sp³-hybridized carbons (Fsp3) is 0. The molecule has 5 nitrogen and oxygen atoms in total. The molecule has 0 saturated heterocycles. The first-order chi connectivity index (χ1) is 0. The van der Waals surface area contributed by atoms with Crippen molar-refractivity contribution in [2.24, 2.45) is 0 Å². The minimum atomic E-state index is 0. The molecule has 3 radical (unpaired) electrons. The minimum absolute atomic E-state index is 0. The van der Waals surface area contributed by atoms with Gasteiger partial charge in [0.1, 0.15) is 0 Å². The minimum Gasteiger partial charge on any atom is -2.00 e. The van der Waals surface area contributed by atoms with Gasteiger partial charge in [0.2, 0.25) is 0 Å². The molecule has 0 heterocycles. The summed E-state index contributed by atoms with van der Waals surface area (Å²) >= 11 is 0. The summed E-state index contributed by atoms with van der Waals surface area (Å²) in [5, 5.41) is 0. The third-order valence-electron chi connectivity index (χ3n) is 0. The Kier molecular flexibility index (Phi) is 5040. The zero-order valence-corrected chi connectivity index (χ0v) is 9.18. The molecule has 0 saturated carbocycles. The molecule has 0 spiro atoms. The van der Waals surface area contributed by atoms with E-state index in [0.717, 1.165) is 0 Å². The molecule has 0 amide bonds. The van der Waals surface area contributed by atoms with Crippen LogP contribution in [-0.2, 0) is 62.7 Å². The summed E-state index contributed by atoms with van der Waals surface area (Å²) in [6, 6.07) is 0. The third-order valence-corrected chi connectivity index (χ3v) is 0. The molecule has 0 atom stereocenters. The number of hydrogen-bond donors (Lipinski definition) is 0. The van der Waals surface area contributed by atoms with Crippen LogP contribution in [0, 0.1) is 0 Å². The second kappa shape index (κ2) is 168. The summed E-state index contributed by atoms with van der Waals surface area (Å²) in [5.74, 6) is 0. The summed E-state index contributed by atoms with van der Waals surface area (Å²) in [7, 11) is 0. The topological polar surface area (TPSA) is 142 Å². The van der Waals surface area contributed by atoms with E-state index in [2.05, 4.69) is 0 Å². The van der Waals surface area contributed by atoms with Crippen LogP contribution >= 0.6 is 0 Å². The van der Waals surface area contributed by atoms with Gasteiger partial charge in [-0.3, -0.25) is 0 Å². The molecule has 0 aromatic carbocycles. The van der Waals surface area contributed by atoms with Gasteiger partial charge in [-0.15, -0.1) is 0 Å². The van der Waals surface area contributed by atoms with E-state index in [1.807, 2.05) is 0 Å². The number of rotatable bonds is 0. The van der Waals surface area contributed by atoms with Crippen molar-refractivity contribution < 1.29 is 62.7 Å². The van der Waals surface area contributed by atoms with Crippen LogP contribution in [0.25, 0.3) is 0 Å². The Bertz CT molecular complexity index is 12.4. The quantitative estimate of drug-likeness (QED) is 0.462. The molecule has 0 aromatic rings. The molecular weight excluding hydrogens is 399 g/mol. The maximum absolute atomic E-state index is 0. The molecule has 0 aliphatic heterocycles. The van der Waals surface area contributed by atoms with E-state index < -0.39 is 0 Å². The van der Waals surface area contributed by atoms with Gasteiger partial charge in [-0.1, -0.05) is 0 Å². The van der Waals surface area contributed by atoms with Gasteiger partial charge in [-0.05, 0) is 0 Å². The van der Waals surface area contributed by atoms with Crippen LogP contribution in [0.5, 0.6) is 0 Å². The summed E-state index contributed by atoms with van der Waals surface area (Å²) < 4.78 is 0. The van der Waals surface area contributed by atoms with Crippen molar-refractivity contribution in [1.82, 2.24) is 0 Å². The van der Waals surface area contributed by atoms with Crippen LogP contribution in [0.2, 0.25) is 0 Å². The molecular formula is BiCoO5V. The Balaban J connectivity index is 0. The second-order valence-electron chi connectivity index (χ2n) is 0. The number of hydrogen-bond acceptors (Lipinski definition) is 0. The SMILES string of the molecule is [Bi+3].[Co+2].[O-2].[O-2].[O-2].[O-2].[O-2].[V+5]. The van der Waals surface area contributed by atoms with Crippen molar-refractivity contribution >= 4 is 26.2 Å². The predicted molar refractivity (Wildman–Crippen MR) is 9.19 cm³/mol. The van der Waals surface area contributed by atoms with Gasteiger partial charge in [0.15, 0.2) is 0 Å². The summed E-state index contributed by atoms with van der Waals surface area (Å²) in [6.07, 6.45) is 0. The van der Waals surface area contributed by atoms with Gasteiger partial charge >= 0.3 is 61.5 Å². The van der Waals surface area contributed by atoms with Crippen LogP contribution in [0.1, 0.15) is 0 Å². The maximum Gasteiger partial charge on any atom is 5.00 e. The summed E-state index contributed by atoms with van der Waals surface area (Å²) in [4.78, 5) is 0. The smallest absolute Gasteiger partial charge is 2.00 e. The Morgan fingerprint density at radius 1 is 0.500 bits per heavy atom. The van der Waals surface area contributed by atoms with Crippen LogP contribution < -0.4 is 0 Å². The van der Waals surface area contributed by atoms with E-state index in [1.165, 1.54) is 0 Å².